The maximum Gasteiger partial charge on any atom is 0.326 e. The molecule has 0 unspecified atom stereocenters. The van der Waals surface area contributed by atoms with Crippen LogP contribution in [-0.4, -0.2) is 23.0 Å². The van der Waals surface area contributed by atoms with Crippen molar-refractivity contribution in [2.45, 2.75) is 25.8 Å². The van der Waals surface area contributed by atoms with Crippen LogP contribution in [0.2, 0.25) is 5.02 Å². The minimum absolute atomic E-state index is 0.0480. The Morgan fingerprint density at radius 3 is 2.67 bits per heavy atom. The Kier molecular flexibility index (Phi) is 5.09. The first-order chi connectivity index (χ1) is 8.47. The fourth-order valence-corrected chi connectivity index (χ4v) is 1.74. The highest BCUT2D eigenvalue weighted by Crippen LogP contribution is 2.19. The summed E-state index contributed by atoms with van der Waals surface area (Å²) in [5, 5.41) is 11.1. The van der Waals surface area contributed by atoms with Crippen molar-refractivity contribution in [2.24, 2.45) is 0 Å². The molecule has 0 aliphatic rings. The normalized spacial score (nSPS) is 11.9. The van der Waals surface area contributed by atoms with Gasteiger partial charge in [0.2, 0.25) is 0 Å². The van der Waals surface area contributed by atoms with E-state index in [1.54, 1.807) is 6.92 Å². The molecule has 0 aromatic heterocycles. The maximum absolute atomic E-state index is 13.4. The highest BCUT2D eigenvalue weighted by atomic mass is 35.5. The van der Waals surface area contributed by atoms with Crippen molar-refractivity contribution in [3.05, 3.63) is 34.6 Å². The molecule has 4 nitrogen and oxygen atoms in total. The molecule has 98 valence electrons. The molecule has 1 aromatic rings. The first-order valence-corrected chi connectivity index (χ1v) is 5.82. The molecule has 1 amide bonds. The number of carboxylic acids is 1. The molecule has 1 rings (SSSR count). The van der Waals surface area contributed by atoms with Gasteiger partial charge in [-0.05, 0) is 18.6 Å². The molecule has 6 heteroatoms. The van der Waals surface area contributed by atoms with E-state index in [1.807, 2.05) is 0 Å². The van der Waals surface area contributed by atoms with Crippen molar-refractivity contribution in [3.63, 3.8) is 0 Å². The monoisotopic (exact) mass is 273 g/mol. The highest BCUT2D eigenvalue weighted by Gasteiger charge is 2.22. The minimum Gasteiger partial charge on any atom is -0.480 e. The van der Waals surface area contributed by atoms with Crippen LogP contribution in [0.5, 0.6) is 0 Å². The van der Waals surface area contributed by atoms with Crippen LogP contribution in [0.1, 0.15) is 30.1 Å². The van der Waals surface area contributed by atoms with Gasteiger partial charge in [-0.3, -0.25) is 4.79 Å². The fourth-order valence-electron chi connectivity index (χ4n) is 1.49. The lowest BCUT2D eigenvalue weighted by molar-refractivity contribution is -0.139. The first-order valence-electron chi connectivity index (χ1n) is 5.45. The number of aliphatic carboxylic acids is 1. The van der Waals surface area contributed by atoms with Gasteiger partial charge in [-0.25, -0.2) is 9.18 Å². The second-order valence-electron chi connectivity index (χ2n) is 3.75. The van der Waals surface area contributed by atoms with Crippen molar-refractivity contribution in [2.75, 3.05) is 0 Å². The number of hydrogen-bond acceptors (Lipinski definition) is 2. The van der Waals surface area contributed by atoms with Gasteiger partial charge in [0.1, 0.15) is 11.9 Å². The molecular weight excluding hydrogens is 261 g/mol. The van der Waals surface area contributed by atoms with Crippen LogP contribution in [0, 0.1) is 5.82 Å². The van der Waals surface area contributed by atoms with Gasteiger partial charge < -0.3 is 10.4 Å². The Morgan fingerprint density at radius 1 is 1.50 bits per heavy atom. The number of carboxylic acid groups (broad SMARTS) is 1. The SMILES string of the molecule is CCC[C@H](NC(=O)c1c(F)cccc1Cl)C(=O)O. The van der Waals surface area contributed by atoms with Gasteiger partial charge in [0.05, 0.1) is 10.6 Å². The summed E-state index contributed by atoms with van der Waals surface area (Å²) in [6, 6.07) is 2.79. The Balaban J connectivity index is 2.90. The standard InChI is InChI=1S/C12H13ClFNO3/c1-2-4-9(12(17)18)15-11(16)10-7(13)5-3-6-8(10)14/h3,5-6,9H,2,4H2,1H3,(H,15,16)(H,17,18)/t9-/m0/s1. The molecule has 1 atom stereocenters. The minimum atomic E-state index is -1.15. The molecule has 0 saturated carbocycles. The number of hydrogen-bond donors (Lipinski definition) is 2. The van der Waals surface area contributed by atoms with E-state index in [4.69, 9.17) is 16.7 Å². The van der Waals surface area contributed by atoms with Crippen molar-refractivity contribution in [3.8, 4) is 0 Å². The quantitative estimate of drug-likeness (QED) is 0.866. The van der Waals surface area contributed by atoms with Crippen molar-refractivity contribution in [1.82, 2.24) is 5.32 Å². The summed E-state index contributed by atoms with van der Waals surface area (Å²) in [6.45, 7) is 1.79. The number of carbonyl (C=O) groups is 2. The summed E-state index contributed by atoms with van der Waals surface area (Å²) in [5.74, 6) is -2.75. The van der Waals surface area contributed by atoms with Gasteiger partial charge in [0, 0.05) is 0 Å². The number of carbonyl (C=O) groups excluding carboxylic acids is 1. The third-order valence-electron chi connectivity index (χ3n) is 2.37. The van der Waals surface area contributed by atoms with E-state index in [0.29, 0.717) is 6.42 Å². The van der Waals surface area contributed by atoms with E-state index in [-0.39, 0.29) is 17.0 Å². The van der Waals surface area contributed by atoms with Crippen LogP contribution < -0.4 is 5.32 Å². The summed E-state index contributed by atoms with van der Waals surface area (Å²) in [5.41, 5.74) is -0.332. The summed E-state index contributed by atoms with van der Waals surface area (Å²) in [4.78, 5) is 22.7. The molecule has 0 fully saturated rings. The largest absolute Gasteiger partial charge is 0.480 e. The number of amides is 1. The lowest BCUT2D eigenvalue weighted by Crippen LogP contribution is -2.41. The third-order valence-corrected chi connectivity index (χ3v) is 2.69. The second-order valence-corrected chi connectivity index (χ2v) is 4.16. The maximum atomic E-state index is 13.4. The Labute approximate surface area is 109 Å². The van der Waals surface area contributed by atoms with Crippen LogP contribution in [-0.2, 0) is 4.79 Å². The Hall–Kier alpha value is -1.62. The average Bonchev–Trinajstić information content (AvgIpc) is 2.28. The van der Waals surface area contributed by atoms with Crippen molar-refractivity contribution >= 4 is 23.5 Å². The van der Waals surface area contributed by atoms with Crippen LogP contribution >= 0.6 is 11.6 Å². The highest BCUT2D eigenvalue weighted by molar-refractivity contribution is 6.33. The van der Waals surface area contributed by atoms with E-state index >= 15 is 0 Å². The van der Waals surface area contributed by atoms with Crippen LogP contribution in [0.4, 0.5) is 4.39 Å². The number of halogens is 2. The van der Waals surface area contributed by atoms with Gasteiger partial charge in [-0.2, -0.15) is 0 Å². The zero-order valence-corrected chi connectivity index (χ0v) is 10.5. The average molecular weight is 274 g/mol. The van der Waals surface area contributed by atoms with Crippen LogP contribution in [0.25, 0.3) is 0 Å². The van der Waals surface area contributed by atoms with E-state index in [0.717, 1.165) is 6.07 Å². The molecule has 0 heterocycles. The van der Waals surface area contributed by atoms with Crippen molar-refractivity contribution < 1.29 is 19.1 Å². The molecule has 0 aliphatic carbocycles. The molecule has 0 aliphatic heterocycles. The molecule has 0 spiro atoms. The summed E-state index contributed by atoms with van der Waals surface area (Å²) < 4.78 is 13.4. The van der Waals surface area contributed by atoms with Crippen molar-refractivity contribution in [1.29, 1.82) is 0 Å². The molecule has 1 aromatic carbocycles. The molecule has 0 bridgehead atoms. The number of rotatable bonds is 5. The summed E-state index contributed by atoms with van der Waals surface area (Å²) in [6.07, 6.45) is 0.857. The first kappa shape index (κ1) is 14.4. The second kappa shape index (κ2) is 6.35. The topological polar surface area (TPSA) is 66.4 Å². The number of nitrogens with one attached hydrogen (secondary N) is 1. The molecule has 0 radical (unpaired) electrons. The van der Waals surface area contributed by atoms with Crippen LogP contribution in [0.15, 0.2) is 18.2 Å². The lowest BCUT2D eigenvalue weighted by Gasteiger charge is -2.14. The zero-order valence-electron chi connectivity index (χ0n) is 9.74. The fraction of sp³-hybridized carbons (Fsp3) is 0.333. The Bertz CT molecular complexity index is 444. The lowest BCUT2D eigenvalue weighted by atomic mass is 10.1. The number of benzene rings is 1. The molecule has 0 saturated heterocycles. The van der Waals surface area contributed by atoms with Gasteiger partial charge >= 0.3 is 5.97 Å². The molecule has 18 heavy (non-hydrogen) atoms. The molecule has 2 N–H and O–H groups in total. The smallest absolute Gasteiger partial charge is 0.326 e. The van der Waals surface area contributed by atoms with Gasteiger partial charge in [-0.1, -0.05) is 31.0 Å². The predicted octanol–water partition coefficient (Wildman–Crippen LogP) is 2.46. The predicted molar refractivity (Wildman–Crippen MR) is 65.2 cm³/mol. The van der Waals surface area contributed by atoms with Gasteiger partial charge in [-0.15, -0.1) is 0 Å². The molecular formula is C12H13ClFNO3. The zero-order chi connectivity index (χ0) is 13.7. The van der Waals surface area contributed by atoms with E-state index in [1.165, 1.54) is 12.1 Å². The Morgan fingerprint density at radius 2 is 2.17 bits per heavy atom. The van der Waals surface area contributed by atoms with E-state index < -0.39 is 23.7 Å². The van der Waals surface area contributed by atoms with E-state index in [2.05, 4.69) is 5.32 Å². The van der Waals surface area contributed by atoms with E-state index in [9.17, 15) is 14.0 Å². The summed E-state index contributed by atoms with van der Waals surface area (Å²) >= 11 is 5.72. The third kappa shape index (κ3) is 3.43. The van der Waals surface area contributed by atoms with Gasteiger partial charge in [0.25, 0.3) is 5.91 Å². The summed E-state index contributed by atoms with van der Waals surface area (Å²) in [7, 11) is 0. The van der Waals surface area contributed by atoms with Crippen LogP contribution in [0.3, 0.4) is 0 Å². The van der Waals surface area contributed by atoms with Gasteiger partial charge in [0.15, 0.2) is 0 Å².